The van der Waals surface area contributed by atoms with E-state index in [0.717, 1.165) is 28.4 Å². The van der Waals surface area contributed by atoms with Crippen molar-refractivity contribution in [3.8, 4) is 5.75 Å². The number of benzene rings is 1. The SMILES string of the molecule is CCOc1ccc(N)cc1CSC1CCCC(C)C1. The summed E-state index contributed by atoms with van der Waals surface area (Å²) < 4.78 is 5.68. The molecule has 2 rings (SSSR count). The van der Waals surface area contributed by atoms with Crippen LogP contribution in [0.1, 0.15) is 45.1 Å². The quantitative estimate of drug-likeness (QED) is 0.807. The maximum atomic E-state index is 5.89. The molecular formula is C16H25NOS. The molecule has 0 saturated heterocycles. The van der Waals surface area contributed by atoms with Crippen LogP contribution in [-0.2, 0) is 5.75 Å². The van der Waals surface area contributed by atoms with Gasteiger partial charge in [-0.1, -0.05) is 19.8 Å². The Bertz CT molecular complexity index is 408. The zero-order valence-electron chi connectivity index (χ0n) is 12.0. The Morgan fingerprint density at radius 3 is 2.95 bits per heavy atom. The number of thioether (sulfide) groups is 1. The third-order valence-corrected chi connectivity index (χ3v) is 5.12. The van der Waals surface area contributed by atoms with Crippen molar-refractivity contribution >= 4 is 17.4 Å². The zero-order valence-corrected chi connectivity index (χ0v) is 12.8. The Labute approximate surface area is 121 Å². The van der Waals surface area contributed by atoms with Crippen LogP contribution in [0.2, 0.25) is 0 Å². The molecule has 0 aliphatic heterocycles. The average Bonchev–Trinajstić information content (AvgIpc) is 2.39. The molecule has 0 spiro atoms. The second kappa shape index (κ2) is 7.09. The molecule has 0 radical (unpaired) electrons. The fraction of sp³-hybridized carbons (Fsp3) is 0.625. The van der Waals surface area contributed by atoms with Gasteiger partial charge in [-0.05, 0) is 43.9 Å². The maximum Gasteiger partial charge on any atom is 0.123 e. The molecule has 1 aliphatic rings. The summed E-state index contributed by atoms with van der Waals surface area (Å²) in [5.74, 6) is 2.89. The lowest BCUT2D eigenvalue weighted by Gasteiger charge is -2.26. The normalized spacial score (nSPS) is 23.3. The van der Waals surface area contributed by atoms with E-state index in [4.69, 9.17) is 10.5 Å². The fourth-order valence-corrected chi connectivity index (χ4v) is 4.18. The van der Waals surface area contributed by atoms with Gasteiger partial charge in [0, 0.05) is 22.3 Å². The number of hydrogen-bond acceptors (Lipinski definition) is 3. The number of nitrogen functional groups attached to an aromatic ring is 1. The summed E-state index contributed by atoms with van der Waals surface area (Å²) in [6, 6.07) is 5.98. The van der Waals surface area contributed by atoms with Gasteiger partial charge in [0.05, 0.1) is 6.61 Å². The van der Waals surface area contributed by atoms with Gasteiger partial charge < -0.3 is 10.5 Å². The summed E-state index contributed by atoms with van der Waals surface area (Å²) >= 11 is 2.07. The lowest BCUT2D eigenvalue weighted by Crippen LogP contribution is -2.15. The van der Waals surface area contributed by atoms with Crippen LogP contribution in [-0.4, -0.2) is 11.9 Å². The highest BCUT2D eigenvalue weighted by molar-refractivity contribution is 7.99. The van der Waals surface area contributed by atoms with E-state index in [1.807, 2.05) is 19.1 Å². The molecule has 0 amide bonds. The van der Waals surface area contributed by atoms with Gasteiger partial charge in [0.25, 0.3) is 0 Å². The third-order valence-electron chi connectivity index (χ3n) is 3.75. The topological polar surface area (TPSA) is 35.2 Å². The van der Waals surface area contributed by atoms with Gasteiger partial charge in [0.2, 0.25) is 0 Å². The molecule has 3 heteroatoms. The summed E-state index contributed by atoms with van der Waals surface area (Å²) in [5.41, 5.74) is 7.96. The van der Waals surface area contributed by atoms with Gasteiger partial charge in [-0.25, -0.2) is 0 Å². The van der Waals surface area contributed by atoms with E-state index in [9.17, 15) is 0 Å². The fourth-order valence-electron chi connectivity index (χ4n) is 2.75. The highest BCUT2D eigenvalue weighted by Gasteiger charge is 2.19. The van der Waals surface area contributed by atoms with E-state index in [2.05, 4.69) is 24.8 Å². The molecular weight excluding hydrogens is 254 g/mol. The van der Waals surface area contributed by atoms with Crippen molar-refractivity contribution in [2.24, 2.45) is 5.92 Å². The Hall–Kier alpha value is -0.830. The van der Waals surface area contributed by atoms with Crippen molar-refractivity contribution in [1.82, 2.24) is 0 Å². The monoisotopic (exact) mass is 279 g/mol. The molecule has 106 valence electrons. The lowest BCUT2D eigenvalue weighted by molar-refractivity contribution is 0.337. The van der Waals surface area contributed by atoms with E-state index >= 15 is 0 Å². The third kappa shape index (κ3) is 4.34. The van der Waals surface area contributed by atoms with Crippen LogP contribution in [0.15, 0.2) is 18.2 Å². The minimum Gasteiger partial charge on any atom is -0.494 e. The van der Waals surface area contributed by atoms with Crippen molar-refractivity contribution in [2.45, 2.75) is 50.5 Å². The summed E-state index contributed by atoms with van der Waals surface area (Å²) in [7, 11) is 0. The van der Waals surface area contributed by atoms with E-state index < -0.39 is 0 Å². The largest absolute Gasteiger partial charge is 0.494 e. The van der Waals surface area contributed by atoms with Crippen LogP contribution >= 0.6 is 11.8 Å². The highest BCUT2D eigenvalue weighted by Crippen LogP contribution is 2.35. The second-order valence-electron chi connectivity index (χ2n) is 5.50. The van der Waals surface area contributed by atoms with Crippen LogP contribution in [0, 0.1) is 5.92 Å². The first kappa shape index (κ1) is 14.6. The summed E-state index contributed by atoms with van der Waals surface area (Å²) in [4.78, 5) is 0. The van der Waals surface area contributed by atoms with Gasteiger partial charge in [-0.2, -0.15) is 11.8 Å². The van der Waals surface area contributed by atoms with Gasteiger partial charge in [0.15, 0.2) is 0 Å². The standard InChI is InChI=1S/C16H25NOS/c1-3-18-16-8-7-14(17)10-13(16)11-19-15-6-4-5-12(2)9-15/h7-8,10,12,15H,3-6,9,11,17H2,1-2H3. The minimum absolute atomic E-state index is 0.710. The van der Waals surface area contributed by atoms with Gasteiger partial charge in [0.1, 0.15) is 5.75 Å². The minimum atomic E-state index is 0.710. The van der Waals surface area contributed by atoms with Crippen molar-refractivity contribution in [1.29, 1.82) is 0 Å². The highest BCUT2D eigenvalue weighted by atomic mass is 32.2. The van der Waals surface area contributed by atoms with Crippen LogP contribution in [0.4, 0.5) is 5.69 Å². The van der Waals surface area contributed by atoms with E-state index in [1.54, 1.807) is 0 Å². The average molecular weight is 279 g/mol. The Morgan fingerprint density at radius 2 is 2.21 bits per heavy atom. The molecule has 2 N–H and O–H groups in total. The molecule has 1 aromatic rings. The van der Waals surface area contributed by atoms with E-state index in [-0.39, 0.29) is 0 Å². The van der Waals surface area contributed by atoms with Gasteiger partial charge in [-0.3, -0.25) is 0 Å². The smallest absolute Gasteiger partial charge is 0.123 e. The van der Waals surface area contributed by atoms with Gasteiger partial charge >= 0.3 is 0 Å². The number of hydrogen-bond donors (Lipinski definition) is 1. The molecule has 19 heavy (non-hydrogen) atoms. The molecule has 0 aromatic heterocycles. The van der Waals surface area contributed by atoms with E-state index in [1.165, 1.54) is 31.2 Å². The van der Waals surface area contributed by atoms with Gasteiger partial charge in [-0.15, -0.1) is 0 Å². The Morgan fingerprint density at radius 1 is 1.37 bits per heavy atom. The maximum absolute atomic E-state index is 5.89. The number of rotatable bonds is 5. The first-order valence-corrected chi connectivity index (χ1v) is 8.36. The van der Waals surface area contributed by atoms with Crippen molar-refractivity contribution in [3.63, 3.8) is 0 Å². The molecule has 1 aromatic carbocycles. The van der Waals surface area contributed by atoms with Crippen molar-refractivity contribution in [3.05, 3.63) is 23.8 Å². The first-order chi connectivity index (χ1) is 9.19. The summed E-state index contributed by atoms with van der Waals surface area (Å²) in [6.07, 6.45) is 5.51. The molecule has 0 bridgehead atoms. The second-order valence-corrected chi connectivity index (χ2v) is 6.79. The Kier molecular flexibility index (Phi) is 5.44. The molecule has 2 nitrogen and oxygen atoms in total. The molecule has 2 atom stereocenters. The van der Waals surface area contributed by atoms with Crippen LogP contribution in [0.3, 0.4) is 0 Å². The van der Waals surface area contributed by atoms with Crippen molar-refractivity contribution in [2.75, 3.05) is 12.3 Å². The summed E-state index contributed by atoms with van der Waals surface area (Å²) in [5, 5.41) is 0.805. The van der Waals surface area contributed by atoms with E-state index in [0.29, 0.717) is 6.61 Å². The van der Waals surface area contributed by atoms with Crippen LogP contribution < -0.4 is 10.5 Å². The van der Waals surface area contributed by atoms with Crippen LogP contribution in [0.5, 0.6) is 5.75 Å². The first-order valence-electron chi connectivity index (χ1n) is 7.31. The zero-order chi connectivity index (χ0) is 13.7. The number of anilines is 1. The molecule has 1 saturated carbocycles. The predicted molar refractivity (Wildman–Crippen MR) is 84.7 cm³/mol. The lowest BCUT2D eigenvalue weighted by atomic mass is 9.91. The summed E-state index contributed by atoms with van der Waals surface area (Å²) in [6.45, 7) is 5.11. The Balaban J connectivity index is 1.95. The predicted octanol–water partition coefficient (Wildman–Crippen LogP) is 4.48. The molecule has 1 aliphatic carbocycles. The number of ether oxygens (including phenoxy) is 1. The molecule has 2 unspecified atom stereocenters. The number of nitrogens with two attached hydrogens (primary N) is 1. The van der Waals surface area contributed by atoms with Crippen LogP contribution in [0.25, 0.3) is 0 Å². The molecule has 0 heterocycles. The van der Waals surface area contributed by atoms with Crippen molar-refractivity contribution < 1.29 is 4.74 Å². The molecule has 1 fully saturated rings.